The Labute approximate surface area is 123 Å². The van der Waals surface area contributed by atoms with Crippen molar-refractivity contribution in [3.8, 4) is 0 Å². The molecular weight excluding hydrogens is 270 g/mol. The topological polar surface area (TPSA) is 87.8 Å². The highest BCUT2D eigenvalue weighted by Crippen LogP contribution is 2.12. The van der Waals surface area contributed by atoms with Crippen LogP contribution in [0, 0.1) is 0 Å². The number of nitrogens with zero attached hydrogens (tertiary/aromatic N) is 4. The van der Waals surface area contributed by atoms with Crippen LogP contribution < -0.4 is 17.0 Å². The van der Waals surface area contributed by atoms with Crippen molar-refractivity contribution in [2.45, 2.75) is 59.8 Å². The Hall–Kier alpha value is -1.89. The van der Waals surface area contributed by atoms with Crippen LogP contribution in [0.25, 0.3) is 11.2 Å². The first-order valence-electron chi connectivity index (χ1n) is 7.53. The largest absolute Gasteiger partial charge is 0.332 e. The summed E-state index contributed by atoms with van der Waals surface area (Å²) in [5.41, 5.74) is 6.10. The number of unbranched alkanes of at least 4 members (excludes halogenated alkanes) is 1. The predicted molar refractivity (Wildman–Crippen MR) is 82.4 cm³/mol. The summed E-state index contributed by atoms with van der Waals surface area (Å²) < 4.78 is 4.69. The van der Waals surface area contributed by atoms with E-state index < -0.39 is 0 Å². The molecule has 21 heavy (non-hydrogen) atoms. The van der Waals surface area contributed by atoms with Crippen molar-refractivity contribution >= 4 is 11.2 Å². The fraction of sp³-hybridized carbons (Fsp3) is 0.643. The molecule has 2 rings (SSSR count). The van der Waals surface area contributed by atoms with Crippen molar-refractivity contribution in [3.63, 3.8) is 0 Å². The molecule has 2 N–H and O–H groups in total. The number of hydrogen-bond donors (Lipinski definition) is 1. The van der Waals surface area contributed by atoms with E-state index in [-0.39, 0.29) is 17.8 Å². The van der Waals surface area contributed by atoms with Crippen LogP contribution in [0.15, 0.2) is 9.59 Å². The fourth-order valence-corrected chi connectivity index (χ4v) is 2.63. The van der Waals surface area contributed by atoms with Gasteiger partial charge in [0.15, 0.2) is 11.2 Å². The molecular formula is C14H23N5O2. The van der Waals surface area contributed by atoms with Gasteiger partial charge in [-0.2, -0.15) is 0 Å². The van der Waals surface area contributed by atoms with Crippen molar-refractivity contribution in [1.82, 2.24) is 18.7 Å². The summed E-state index contributed by atoms with van der Waals surface area (Å²) >= 11 is 0. The third kappa shape index (κ3) is 2.42. The maximum absolute atomic E-state index is 12.6. The molecule has 0 amide bonds. The molecule has 0 aliphatic heterocycles. The molecule has 0 unspecified atom stereocenters. The lowest BCUT2D eigenvalue weighted by Crippen LogP contribution is -2.40. The van der Waals surface area contributed by atoms with Gasteiger partial charge >= 0.3 is 5.69 Å². The van der Waals surface area contributed by atoms with Crippen LogP contribution >= 0.6 is 0 Å². The first kappa shape index (κ1) is 15.5. The smallest absolute Gasteiger partial charge is 0.324 e. The standard InChI is InChI=1S/C14H23N5O2/c1-4-7-8-19-12-11(13(20)18(6-3)14(19)21)17(5-2)10(9-15)16-12/h4-9,15H2,1-3H3. The maximum Gasteiger partial charge on any atom is 0.332 e. The molecule has 0 spiro atoms. The molecule has 0 saturated heterocycles. The first-order chi connectivity index (χ1) is 10.1. The summed E-state index contributed by atoms with van der Waals surface area (Å²) in [7, 11) is 0. The van der Waals surface area contributed by atoms with Crippen LogP contribution in [0.4, 0.5) is 0 Å². The Kier molecular flexibility index (Phi) is 4.62. The highest BCUT2D eigenvalue weighted by molar-refractivity contribution is 5.71. The van der Waals surface area contributed by atoms with Gasteiger partial charge in [-0.3, -0.25) is 13.9 Å². The minimum absolute atomic E-state index is 0.246. The van der Waals surface area contributed by atoms with Gasteiger partial charge in [-0.25, -0.2) is 9.78 Å². The summed E-state index contributed by atoms with van der Waals surface area (Å²) in [4.78, 5) is 29.5. The number of hydrogen-bond acceptors (Lipinski definition) is 4. The highest BCUT2D eigenvalue weighted by atomic mass is 16.2. The molecule has 2 heterocycles. The number of fused-ring (bicyclic) bond motifs is 1. The van der Waals surface area contributed by atoms with Crippen molar-refractivity contribution < 1.29 is 0 Å². The van der Waals surface area contributed by atoms with Gasteiger partial charge in [0.1, 0.15) is 5.82 Å². The van der Waals surface area contributed by atoms with E-state index in [1.807, 2.05) is 11.5 Å². The number of aryl methyl sites for hydroxylation is 2. The van der Waals surface area contributed by atoms with Gasteiger partial charge in [-0.15, -0.1) is 0 Å². The molecule has 2 aromatic heterocycles. The predicted octanol–water partition coefficient (Wildman–Crippen LogP) is 0.658. The van der Waals surface area contributed by atoms with Gasteiger partial charge in [-0.1, -0.05) is 13.3 Å². The maximum atomic E-state index is 12.6. The third-order valence-corrected chi connectivity index (χ3v) is 3.74. The highest BCUT2D eigenvalue weighted by Gasteiger charge is 2.19. The summed E-state index contributed by atoms with van der Waals surface area (Å²) in [6.45, 7) is 7.58. The van der Waals surface area contributed by atoms with Crippen molar-refractivity contribution in [2.24, 2.45) is 5.73 Å². The second-order valence-electron chi connectivity index (χ2n) is 4.99. The molecule has 0 bridgehead atoms. The number of rotatable bonds is 6. The van der Waals surface area contributed by atoms with Crippen molar-refractivity contribution in [1.29, 1.82) is 0 Å². The lowest BCUT2D eigenvalue weighted by Gasteiger charge is -2.10. The zero-order chi connectivity index (χ0) is 15.6. The molecule has 0 fully saturated rings. The van der Waals surface area contributed by atoms with E-state index in [1.54, 1.807) is 11.5 Å². The normalized spacial score (nSPS) is 11.4. The molecule has 0 aliphatic rings. The van der Waals surface area contributed by atoms with Gasteiger partial charge in [0, 0.05) is 19.6 Å². The van der Waals surface area contributed by atoms with Gasteiger partial charge in [0.05, 0.1) is 6.54 Å². The molecule has 116 valence electrons. The van der Waals surface area contributed by atoms with Gasteiger partial charge < -0.3 is 10.3 Å². The molecule has 0 radical (unpaired) electrons. The van der Waals surface area contributed by atoms with Crippen molar-refractivity contribution in [3.05, 3.63) is 26.7 Å². The molecule has 7 nitrogen and oxygen atoms in total. The minimum Gasteiger partial charge on any atom is -0.324 e. The summed E-state index contributed by atoms with van der Waals surface area (Å²) in [5, 5.41) is 0. The van der Waals surface area contributed by atoms with E-state index in [9.17, 15) is 9.59 Å². The fourth-order valence-electron chi connectivity index (χ4n) is 2.63. The zero-order valence-electron chi connectivity index (χ0n) is 12.9. The SMILES string of the molecule is CCCCn1c(=O)n(CC)c(=O)c2c1nc(CN)n2CC. The average Bonchev–Trinajstić information content (AvgIpc) is 2.86. The molecule has 7 heteroatoms. The Bertz CT molecular complexity index is 753. The van der Waals surface area contributed by atoms with E-state index in [2.05, 4.69) is 11.9 Å². The molecule has 0 saturated carbocycles. The van der Waals surface area contributed by atoms with E-state index >= 15 is 0 Å². The Morgan fingerprint density at radius 2 is 1.71 bits per heavy atom. The number of nitrogens with two attached hydrogens (primary N) is 1. The van der Waals surface area contributed by atoms with Crippen molar-refractivity contribution in [2.75, 3.05) is 0 Å². The lowest BCUT2D eigenvalue weighted by molar-refractivity contribution is 0.560. The summed E-state index contributed by atoms with van der Waals surface area (Å²) in [5.74, 6) is 0.642. The quantitative estimate of drug-likeness (QED) is 0.847. The second-order valence-corrected chi connectivity index (χ2v) is 4.99. The lowest BCUT2D eigenvalue weighted by atomic mass is 10.3. The second kappa shape index (κ2) is 6.26. The number of aromatic nitrogens is 4. The summed E-state index contributed by atoms with van der Waals surface area (Å²) in [6.07, 6.45) is 1.84. The van der Waals surface area contributed by atoms with Crippen LogP contribution in [-0.4, -0.2) is 18.7 Å². The summed E-state index contributed by atoms with van der Waals surface area (Å²) in [6, 6.07) is 0. The van der Waals surface area contributed by atoms with Crippen LogP contribution in [0.2, 0.25) is 0 Å². The van der Waals surface area contributed by atoms with E-state index in [0.717, 1.165) is 12.8 Å². The molecule has 0 aromatic carbocycles. The van der Waals surface area contributed by atoms with E-state index in [1.165, 1.54) is 4.57 Å². The molecule has 0 aliphatic carbocycles. The van der Waals surface area contributed by atoms with Crippen LogP contribution in [0.3, 0.4) is 0 Å². The van der Waals surface area contributed by atoms with Crippen LogP contribution in [0.1, 0.15) is 39.4 Å². The van der Waals surface area contributed by atoms with Gasteiger partial charge in [-0.05, 0) is 20.3 Å². The van der Waals surface area contributed by atoms with E-state index in [4.69, 9.17) is 5.73 Å². The molecule has 2 aromatic rings. The third-order valence-electron chi connectivity index (χ3n) is 3.74. The Morgan fingerprint density at radius 1 is 1.05 bits per heavy atom. The van der Waals surface area contributed by atoms with Gasteiger partial charge in [0.25, 0.3) is 5.56 Å². The monoisotopic (exact) mass is 293 g/mol. The first-order valence-corrected chi connectivity index (χ1v) is 7.53. The minimum atomic E-state index is -0.284. The van der Waals surface area contributed by atoms with Crippen LogP contribution in [0.5, 0.6) is 0 Å². The molecule has 0 atom stereocenters. The number of imidazole rings is 1. The zero-order valence-corrected chi connectivity index (χ0v) is 12.9. The van der Waals surface area contributed by atoms with Gasteiger partial charge in [0.2, 0.25) is 0 Å². The van der Waals surface area contributed by atoms with Crippen LogP contribution in [-0.2, 0) is 26.2 Å². The Morgan fingerprint density at radius 3 is 2.24 bits per heavy atom. The average molecular weight is 293 g/mol. The van der Waals surface area contributed by atoms with E-state index in [0.29, 0.717) is 36.6 Å². The Balaban J connectivity index is 2.91.